The molecule has 2 rings (SSSR count). The van der Waals surface area contributed by atoms with Crippen molar-refractivity contribution in [1.29, 1.82) is 5.26 Å². The Morgan fingerprint density at radius 3 is 2.42 bits per heavy atom. The average molecular weight is 345 g/mol. The fraction of sp³-hybridized carbons (Fsp3) is 0.118. The fourth-order valence-corrected chi connectivity index (χ4v) is 2.40. The Labute approximate surface area is 143 Å². The van der Waals surface area contributed by atoms with Crippen molar-refractivity contribution in [3.63, 3.8) is 0 Å². The number of nitrogens with zero attached hydrogens (tertiary/aromatic N) is 2. The molecule has 0 N–H and O–H groups in total. The number of nitriles is 1. The number of rotatable bonds is 5. The Balaban J connectivity index is 2.68. The summed E-state index contributed by atoms with van der Waals surface area (Å²) in [6.07, 6.45) is 1.40. The van der Waals surface area contributed by atoms with Gasteiger partial charge >= 0.3 is 0 Å². The predicted molar refractivity (Wildman–Crippen MR) is 91.1 cm³/mol. The molecule has 0 aliphatic carbocycles. The van der Waals surface area contributed by atoms with E-state index in [-0.39, 0.29) is 22.6 Å². The summed E-state index contributed by atoms with van der Waals surface area (Å²) in [5.74, 6) is 0.559. The highest BCUT2D eigenvalue weighted by molar-refractivity contribution is 6.32. The van der Waals surface area contributed by atoms with E-state index in [1.165, 1.54) is 32.4 Å². The van der Waals surface area contributed by atoms with Gasteiger partial charge in [-0.15, -0.1) is 0 Å². The summed E-state index contributed by atoms with van der Waals surface area (Å²) in [6.45, 7) is 0. The van der Waals surface area contributed by atoms with Crippen LogP contribution in [0.4, 0.5) is 5.69 Å². The van der Waals surface area contributed by atoms with Crippen LogP contribution in [0, 0.1) is 21.4 Å². The Morgan fingerprint density at radius 2 is 1.88 bits per heavy atom. The molecule has 0 bridgehead atoms. The maximum absolute atomic E-state index is 11.3. The Bertz CT molecular complexity index is 856. The van der Waals surface area contributed by atoms with Crippen LogP contribution in [0.2, 0.25) is 5.02 Å². The van der Waals surface area contributed by atoms with Crippen LogP contribution in [0.1, 0.15) is 11.1 Å². The number of nitro groups is 1. The standard InChI is InChI=1S/C17H13ClN2O4/c1-23-16-8-11(15(20(21)22)9-17(16)24-2)7-12(10-19)13-5-3-4-6-14(13)18/h3-9H,1-2H3. The zero-order valence-corrected chi connectivity index (χ0v) is 13.7. The van der Waals surface area contributed by atoms with Crippen molar-refractivity contribution in [1.82, 2.24) is 0 Å². The number of nitro benzene ring substituents is 1. The number of methoxy groups -OCH3 is 2. The van der Waals surface area contributed by atoms with Gasteiger partial charge in [0.1, 0.15) is 0 Å². The van der Waals surface area contributed by atoms with Gasteiger partial charge in [-0.05, 0) is 18.2 Å². The van der Waals surface area contributed by atoms with Crippen molar-refractivity contribution in [2.24, 2.45) is 0 Å². The largest absolute Gasteiger partial charge is 0.493 e. The number of ether oxygens (including phenoxy) is 2. The Morgan fingerprint density at radius 1 is 1.25 bits per heavy atom. The number of hydrogen-bond donors (Lipinski definition) is 0. The summed E-state index contributed by atoms with van der Waals surface area (Å²) >= 11 is 6.10. The van der Waals surface area contributed by atoms with Gasteiger partial charge in [-0.25, -0.2) is 0 Å². The van der Waals surface area contributed by atoms with Gasteiger partial charge in [0.2, 0.25) is 0 Å². The maximum atomic E-state index is 11.3. The van der Waals surface area contributed by atoms with Crippen LogP contribution in [0.25, 0.3) is 11.6 Å². The van der Waals surface area contributed by atoms with E-state index in [1.54, 1.807) is 24.3 Å². The normalized spacial score (nSPS) is 10.8. The minimum atomic E-state index is -0.546. The molecule has 0 radical (unpaired) electrons. The molecular weight excluding hydrogens is 332 g/mol. The fourth-order valence-electron chi connectivity index (χ4n) is 2.16. The number of allylic oxidation sites excluding steroid dienone is 1. The molecule has 0 aromatic heterocycles. The maximum Gasteiger partial charge on any atom is 0.280 e. The lowest BCUT2D eigenvalue weighted by molar-refractivity contribution is -0.385. The van der Waals surface area contributed by atoms with Gasteiger partial charge in [-0.3, -0.25) is 10.1 Å². The van der Waals surface area contributed by atoms with Crippen molar-refractivity contribution >= 4 is 28.9 Å². The lowest BCUT2D eigenvalue weighted by Gasteiger charge is -2.09. The molecule has 2 aromatic rings. The highest BCUT2D eigenvalue weighted by Crippen LogP contribution is 2.36. The van der Waals surface area contributed by atoms with Crippen LogP contribution in [0.5, 0.6) is 11.5 Å². The van der Waals surface area contributed by atoms with E-state index in [1.807, 2.05) is 6.07 Å². The first kappa shape index (κ1) is 17.3. The first-order chi connectivity index (χ1) is 11.5. The van der Waals surface area contributed by atoms with Crippen LogP contribution < -0.4 is 9.47 Å². The van der Waals surface area contributed by atoms with Gasteiger partial charge in [0.25, 0.3) is 5.69 Å². The molecule has 0 aliphatic heterocycles. The quantitative estimate of drug-likeness (QED) is 0.349. The van der Waals surface area contributed by atoms with E-state index in [0.29, 0.717) is 16.3 Å². The van der Waals surface area contributed by atoms with Crippen LogP contribution in [0.15, 0.2) is 36.4 Å². The van der Waals surface area contributed by atoms with Crippen molar-refractivity contribution in [3.8, 4) is 17.6 Å². The van der Waals surface area contributed by atoms with Crippen molar-refractivity contribution in [2.75, 3.05) is 14.2 Å². The minimum absolute atomic E-state index is 0.201. The molecule has 0 aliphatic rings. The zero-order chi connectivity index (χ0) is 17.7. The minimum Gasteiger partial charge on any atom is -0.493 e. The Kier molecular flexibility index (Phi) is 5.40. The van der Waals surface area contributed by atoms with Crippen molar-refractivity contribution < 1.29 is 14.4 Å². The van der Waals surface area contributed by atoms with Gasteiger partial charge < -0.3 is 9.47 Å². The van der Waals surface area contributed by atoms with Crippen LogP contribution in [-0.2, 0) is 0 Å². The van der Waals surface area contributed by atoms with Gasteiger partial charge in [-0.2, -0.15) is 5.26 Å². The first-order valence-electron chi connectivity index (χ1n) is 6.79. The van der Waals surface area contributed by atoms with E-state index in [2.05, 4.69) is 0 Å². The van der Waals surface area contributed by atoms with E-state index in [9.17, 15) is 15.4 Å². The molecule has 0 heterocycles. The predicted octanol–water partition coefficient (Wildman–Crippen LogP) is 4.33. The second-order valence-corrected chi connectivity index (χ2v) is 5.08. The highest BCUT2D eigenvalue weighted by atomic mass is 35.5. The number of hydrogen-bond acceptors (Lipinski definition) is 5. The summed E-state index contributed by atoms with van der Waals surface area (Å²) in [5, 5.41) is 21.1. The molecule has 0 fully saturated rings. The second kappa shape index (κ2) is 7.49. The summed E-state index contributed by atoms with van der Waals surface area (Å²) in [6, 6.07) is 11.5. The molecule has 0 saturated heterocycles. The van der Waals surface area contributed by atoms with Gasteiger partial charge in [-0.1, -0.05) is 29.8 Å². The average Bonchev–Trinajstić information content (AvgIpc) is 2.59. The third-order valence-electron chi connectivity index (χ3n) is 3.31. The molecule has 24 heavy (non-hydrogen) atoms. The van der Waals surface area contributed by atoms with Crippen LogP contribution in [-0.4, -0.2) is 19.1 Å². The molecule has 0 amide bonds. The summed E-state index contributed by atoms with van der Waals surface area (Å²) in [7, 11) is 2.82. The molecule has 0 atom stereocenters. The molecule has 0 saturated carbocycles. The summed E-state index contributed by atoms with van der Waals surface area (Å²) in [5.41, 5.74) is 0.711. The van der Waals surface area contributed by atoms with E-state index in [0.717, 1.165) is 0 Å². The summed E-state index contributed by atoms with van der Waals surface area (Å²) < 4.78 is 10.3. The lowest BCUT2D eigenvalue weighted by atomic mass is 10.0. The second-order valence-electron chi connectivity index (χ2n) is 4.67. The molecule has 6 nitrogen and oxygen atoms in total. The highest BCUT2D eigenvalue weighted by Gasteiger charge is 2.19. The molecule has 7 heteroatoms. The van der Waals surface area contributed by atoms with E-state index in [4.69, 9.17) is 21.1 Å². The smallest absolute Gasteiger partial charge is 0.280 e. The monoisotopic (exact) mass is 344 g/mol. The van der Waals surface area contributed by atoms with E-state index < -0.39 is 4.92 Å². The number of benzene rings is 2. The Hall–Kier alpha value is -3.04. The molecular formula is C17H13ClN2O4. The van der Waals surface area contributed by atoms with Gasteiger partial charge in [0.05, 0.1) is 42.4 Å². The third-order valence-corrected chi connectivity index (χ3v) is 3.64. The van der Waals surface area contributed by atoms with Gasteiger partial charge in [0.15, 0.2) is 11.5 Å². The first-order valence-corrected chi connectivity index (χ1v) is 7.16. The SMILES string of the molecule is COc1cc(C=C(C#N)c2ccccc2Cl)c([N+](=O)[O-])cc1OC. The topological polar surface area (TPSA) is 85.4 Å². The van der Waals surface area contributed by atoms with Crippen LogP contribution >= 0.6 is 11.6 Å². The molecule has 2 aromatic carbocycles. The third kappa shape index (κ3) is 3.47. The lowest BCUT2D eigenvalue weighted by Crippen LogP contribution is -1.97. The molecule has 122 valence electrons. The van der Waals surface area contributed by atoms with Gasteiger partial charge in [0, 0.05) is 10.6 Å². The zero-order valence-electron chi connectivity index (χ0n) is 12.9. The summed E-state index contributed by atoms with van der Waals surface area (Å²) in [4.78, 5) is 10.8. The molecule has 0 spiro atoms. The van der Waals surface area contributed by atoms with Crippen molar-refractivity contribution in [3.05, 3.63) is 62.7 Å². The van der Waals surface area contributed by atoms with E-state index >= 15 is 0 Å². The molecule has 0 unspecified atom stereocenters. The number of halogens is 1. The van der Waals surface area contributed by atoms with Crippen LogP contribution in [0.3, 0.4) is 0 Å². The van der Waals surface area contributed by atoms with Crippen molar-refractivity contribution in [2.45, 2.75) is 0 Å².